The second kappa shape index (κ2) is 4.31. The van der Waals surface area contributed by atoms with Crippen molar-refractivity contribution < 1.29 is 4.79 Å². The average Bonchev–Trinajstić information content (AvgIpc) is 2.59. The molecule has 4 nitrogen and oxygen atoms in total. The number of carbonyl (C=O) groups is 1. The molecule has 0 radical (unpaired) electrons. The van der Waals surface area contributed by atoms with Crippen LogP contribution < -0.4 is 5.32 Å². The highest BCUT2D eigenvalue weighted by Gasteiger charge is 2.05. The maximum atomic E-state index is 11.2. The van der Waals surface area contributed by atoms with E-state index in [1.807, 2.05) is 24.3 Å². The molecule has 1 amide bonds. The maximum absolute atomic E-state index is 11.2. The van der Waals surface area contributed by atoms with Crippen LogP contribution in [0.1, 0.15) is 6.42 Å². The lowest BCUT2D eigenvalue weighted by molar-refractivity contribution is -0.115. The predicted molar refractivity (Wildman–Crippen MR) is 60.1 cm³/mol. The van der Waals surface area contributed by atoms with E-state index in [9.17, 15) is 4.79 Å². The lowest BCUT2D eigenvalue weighted by Gasteiger charge is -1.97. The van der Waals surface area contributed by atoms with Crippen LogP contribution in [0.2, 0.25) is 0 Å². The van der Waals surface area contributed by atoms with Crippen LogP contribution in [0.25, 0.3) is 11.0 Å². The Kier molecular flexibility index (Phi) is 2.87. The molecule has 2 rings (SSSR count). The SMILES string of the molecule is O=C(CCCl)Nc1nc2ccccc2[nH]1. The quantitative estimate of drug-likeness (QED) is 0.784. The van der Waals surface area contributed by atoms with Crippen molar-refractivity contribution in [3.8, 4) is 0 Å². The highest BCUT2D eigenvalue weighted by Crippen LogP contribution is 2.13. The van der Waals surface area contributed by atoms with E-state index < -0.39 is 0 Å². The second-order valence-electron chi connectivity index (χ2n) is 3.09. The number of carbonyl (C=O) groups excluding carboxylic acids is 1. The molecule has 0 aliphatic carbocycles. The Balaban J connectivity index is 2.18. The normalized spacial score (nSPS) is 10.5. The van der Waals surface area contributed by atoms with Gasteiger partial charge >= 0.3 is 0 Å². The Labute approximate surface area is 91.7 Å². The molecule has 1 aromatic heterocycles. The Morgan fingerprint density at radius 1 is 1.47 bits per heavy atom. The highest BCUT2D eigenvalue weighted by atomic mass is 35.5. The van der Waals surface area contributed by atoms with Crippen molar-refractivity contribution in [2.24, 2.45) is 0 Å². The first-order valence-electron chi connectivity index (χ1n) is 4.60. The zero-order valence-corrected chi connectivity index (χ0v) is 8.71. The third-order valence-corrected chi connectivity index (χ3v) is 2.16. The number of amides is 1. The Morgan fingerprint density at radius 3 is 3.00 bits per heavy atom. The van der Waals surface area contributed by atoms with E-state index in [0.29, 0.717) is 18.2 Å². The number of alkyl halides is 1. The number of rotatable bonds is 3. The van der Waals surface area contributed by atoms with Gasteiger partial charge in [-0.05, 0) is 12.1 Å². The molecule has 5 heteroatoms. The number of para-hydroxylation sites is 2. The number of imidazole rings is 1. The molecule has 0 aliphatic rings. The molecule has 0 bridgehead atoms. The lowest BCUT2D eigenvalue weighted by atomic mass is 10.3. The van der Waals surface area contributed by atoms with E-state index in [4.69, 9.17) is 11.6 Å². The fourth-order valence-corrected chi connectivity index (χ4v) is 1.46. The van der Waals surface area contributed by atoms with Gasteiger partial charge in [0.1, 0.15) is 0 Å². The van der Waals surface area contributed by atoms with Gasteiger partial charge in [0.2, 0.25) is 11.9 Å². The van der Waals surface area contributed by atoms with Crippen molar-refractivity contribution in [2.75, 3.05) is 11.2 Å². The maximum Gasteiger partial charge on any atom is 0.227 e. The van der Waals surface area contributed by atoms with Crippen LogP contribution in [0.5, 0.6) is 0 Å². The first-order chi connectivity index (χ1) is 7.29. The van der Waals surface area contributed by atoms with E-state index in [0.717, 1.165) is 11.0 Å². The van der Waals surface area contributed by atoms with Gasteiger partial charge in [0.05, 0.1) is 11.0 Å². The fraction of sp³-hybridized carbons (Fsp3) is 0.200. The van der Waals surface area contributed by atoms with Gasteiger partial charge in [-0.25, -0.2) is 4.98 Å². The molecule has 0 unspecified atom stereocenters. The van der Waals surface area contributed by atoms with E-state index in [1.165, 1.54) is 0 Å². The lowest BCUT2D eigenvalue weighted by Crippen LogP contribution is -2.12. The molecule has 1 aromatic carbocycles. The zero-order chi connectivity index (χ0) is 10.7. The Morgan fingerprint density at radius 2 is 2.27 bits per heavy atom. The Bertz CT molecular complexity index is 447. The molecular formula is C10H10ClN3O. The number of nitrogens with zero attached hydrogens (tertiary/aromatic N) is 1. The van der Waals surface area contributed by atoms with Crippen molar-refractivity contribution in [1.29, 1.82) is 0 Å². The van der Waals surface area contributed by atoms with Gasteiger partial charge < -0.3 is 4.98 Å². The number of aromatic amines is 1. The first-order valence-corrected chi connectivity index (χ1v) is 5.13. The molecule has 1 heterocycles. The number of H-pyrrole nitrogens is 1. The third-order valence-electron chi connectivity index (χ3n) is 1.97. The van der Waals surface area contributed by atoms with Crippen LogP contribution in [0.15, 0.2) is 24.3 Å². The summed E-state index contributed by atoms with van der Waals surface area (Å²) in [4.78, 5) is 18.4. The summed E-state index contributed by atoms with van der Waals surface area (Å²) < 4.78 is 0. The van der Waals surface area contributed by atoms with Crippen molar-refractivity contribution in [1.82, 2.24) is 9.97 Å². The summed E-state index contributed by atoms with van der Waals surface area (Å²) in [6.07, 6.45) is 0.290. The molecule has 2 N–H and O–H groups in total. The number of anilines is 1. The zero-order valence-electron chi connectivity index (χ0n) is 7.96. The number of benzene rings is 1. The van der Waals surface area contributed by atoms with Gasteiger partial charge in [-0.1, -0.05) is 12.1 Å². The summed E-state index contributed by atoms with van der Waals surface area (Å²) in [6.45, 7) is 0. The van der Waals surface area contributed by atoms with E-state index in [2.05, 4.69) is 15.3 Å². The third kappa shape index (κ3) is 2.27. The van der Waals surface area contributed by atoms with Crippen LogP contribution >= 0.6 is 11.6 Å². The van der Waals surface area contributed by atoms with E-state index in [-0.39, 0.29) is 5.91 Å². The van der Waals surface area contributed by atoms with Crippen LogP contribution in [0.3, 0.4) is 0 Å². The Hall–Kier alpha value is -1.55. The molecular weight excluding hydrogens is 214 g/mol. The smallest absolute Gasteiger partial charge is 0.227 e. The number of hydrogen-bond acceptors (Lipinski definition) is 2. The van der Waals surface area contributed by atoms with Crippen molar-refractivity contribution >= 4 is 34.5 Å². The van der Waals surface area contributed by atoms with Crippen LogP contribution in [-0.2, 0) is 4.79 Å². The standard InChI is InChI=1S/C10H10ClN3O/c11-6-5-9(15)14-10-12-7-3-1-2-4-8(7)13-10/h1-4H,5-6H2,(H2,12,13,14,15). The number of nitrogens with one attached hydrogen (secondary N) is 2. The summed E-state index contributed by atoms with van der Waals surface area (Å²) in [5.41, 5.74) is 1.73. The summed E-state index contributed by atoms with van der Waals surface area (Å²) in [5.74, 6) is 0.641. The second-order valence-corrected chi connectivity index (χ2v) is 3.47. The monoisotopic (exact) mass is 223 g/mol. The van der Waals surface area contributed by atoms with Gasteiger partial charge in [0.25, 0.3) is 0 Å². The van der Waals surface area contributed by atoms with Gasteiger partial charge in [-0.3, -0.25) is 10.1 Å². The van der Waals surface area contributed by atoms with Gasteiger partial charge in [-0.2, -0.15) is 0 Å². The molecule has 15 heavy (non-hydrogen) atoms. The molecule has 0 saturated carbocycles. The average molecular weight is 224 g/mol. The van der Waals surface area contributed by atoms with Crippen molar-refractivity contribution in [3.63, 3.8) is 0 Å². The summed E-state index contributed by atoms with van der Waals surface area (Å²) in [5, 5.41) is 2.64. The summed E-state index contributed by atoms with van der Waals surface area (Å²) in [7, 11) is 0. The van der Waals surface area contributed by atoms with Crippen molar-refractivity contribution in [2.45, 2.75) is 6.42 Å². The number of hydrogen-bond donors (Lipinski definition) is 2. The fourth-order valence-electron chi connectivity index (χ4n) is 1.29. The van der Waals surface area contributed by atoms with Crippen LogP contribution in [0.4, 0.5) is 5.95 Å². The van der Waals surface area contributed by atoms with Gasteiger partial charge in [-0.15, -0.1) is 11.6 Å². The van der Waals surface area contributed by atoms with Crippen LogP contribution in [0, 0.1) is 0 Å². The molecule has 0 saturated heterocycles. The number of halogens is 1. The first kappa shape index (κ1) is 9.98. The topological polar surface area (TPSA) is 57.8 Å². The van der Waals surface area contributed by atoms with Gasteiger partial charge in [0, 0.05) is 12.3 Å². The molecule has 2 aromatic rings. The summed E-state index contributed by atoms with van der Waals surface area (Å²) in [6, 6.07) is 7.58. The molecule has 0 atom stereocenters. The number of aromatic nitrogens is 2. The minimum Gasteiger partial charge on any atom is -0.324 e. The molecule has 0 aliphatic heterocycles. The van der Waals surface area contributed by atoms with Crippen molar-refractivity contribution in [3.05, 3.63) is 24.3 Å². The minimum atomic E-state index is -0.135. The van der Waals surface area contributed by atoms with E-state index in [1.54, 1.807) is 0 Å². The largest absolute Gasteiger partial charge is 0.324 e. The molecule has 0 spiro atoms. The molecule has 0 fully saturated rings. The minimum absolute atomic E-state index is 0.135. The molecule has 78 valence electrons. The number of fused-ring (bicyclic) bond motifs is 1. The van der Waals surface area contributed by atoms with E-state index >= 15 is 0 Å². The van der Waals surface area contributed by atoms with Gasteiger partial charge in [0.15, 0.2) is 0 Å². The summed E-state index contributed by atoms with van der Waals surface area (Å²) >= 11 is 5.45. The highest BCUT2D eigenvalue weighted by molar-refractivity contribution is 6.19. The van der Waals surface area contributed by atoms with Crippen LogP contribution in [-0.4, -0.2) is 21.8 Å². The predicted octanol–water partition coefficient (Wildman–Crippen LogP) is 2.13.